The summed E-state index contributed by atoms with van der Waals surface area (Å²) in [7, 11) is 0. The minimum absolute atomic E-state index is 0. The number of pyridine rings is 1. The van der Waals surface area contributed by atoms with Crippen molar-refractivity contribution in [3.05, 3.63) is 131 Å². The zero-order chi connectivity index (χ0) is 22.6. The first kappa shape index (κ1) is 23.9. The first-order chi connectivity index (χ1) is 16.2. The molecule has 0 saturated heterocycles. The van der Waals surface area contributed by atoms with E-state index in [9.17, 15) is 4.39 Å². The Morgan fingerprint density at radius 2 is 1.82 bits per heavy atom. The maximum atomic E-state index is 13.8. The third-order valence-electron chi connectivity index (χ3n) is 5.92. The van der Waals surface area contributed by atoms with Crippen LogP contribution >= 0.6 is 0 Å². The van der Waals surface area contributed by atoms with Gasteiger partial charge in [0.2, 0.25) is 0 Å². The minimum atomic E-state index is -0.303. The summed E-state index contributed by atoms with van der Waals surface area (Å²) < 4.78 is 13.8. The molecule has 1 aromatic heterocycles. The third-order valence-corrected chi connectivity index (χ3v) is 5.92. The quantitative estimate of drug-likeness (QED) is 0.228. The van der Waals surface area contributed by atoms with E-state index in [1.165, 1.54) is 17.2 Å². The Balaban J connectivity index is 0.000000169. The van der Waals surface area contributed by atoms with E-state index in [0.29, 0.717) is 11.3 Å². The monoisotopic (exact) mass is 625 g/mol. The van der Waals surface area contributed by atoms with Crippen molar-refractivity contribution in [3.63, 3.8) is 0 Å². The molecule has 1 unspecified atom stereocenters. The second-order valence-corrected chi connectivity index (χ2v) is 8.06. The largest absolute Gasteiger partial charge is 3.00 e. The number of hydrogen-bond donors (Lipinski definition) is 0. The number of aryl methyl sites for hydroxylation is 1. The van der Waals surface area contributed by atoms with Gasteiger partial charge in [0.05, 0.1) is 0 Å². The predicted molar refractivity (Wildman–Crippen MR) is 130 cm³/mol. The van der Waals surface area contributed by atoms with Gasteiger partial charge in [0.15, 0.2) is 0 Å². The maximum Gasteiger partial charge on any atom is 3.00 e. The molecule has 5 heteroatoms. The van der Waals surface area contributed by atoms with Crippen molar-refractivity contribution >= 4 is 0 Å². The summed E-state index contributed by atoms with van der Waals surface area (Å²) in [5.41, 5.74) is 6.89. The molecule has 0 aliphatic carbocycles. The fourth-order valence-electron chi connectivity index (χ4n) is 4.20. The molecule has 2 aliphatic heterocycles. The van der Waals surface area contributed by atoms with E-state index < -0.39 is 0 Å². The first-order valence-electron chi connectivity index (χ1n) is 11.0. The molecule has 3 nitrogen and oxygen atoms in total. The summed E-state index contributed by atoms with van der Waals surface area (Å²) in [6.45, 7) is 3.08. The third kappa shape index (κ3) is 4.96. The number of fused-ring (bicyclic) bond motifs is 3. The minimum Gasteiger partial charge on any atom is -0.668 e. The van der Waals surface area contributed by atoms with Gasteiger partial charge in [-0.3, -0.25) is 4.39 Å². The van der Waals surface area contributed by atoms with Gasteiger partial charge >= 0.3 is 20.1 Å². The Morgan fingerprint density at radius 3 is 2.65 bits per heavy atom. The van der Waals surface area contributed by atoms with Crippen molar-refractivity contribution in [2.24, 2.45) is 0 Å². The fourth-order valence-corrected chi connectivity index (χ4v) is 4.20. The predicted octanol–water partition coefficient (Wildman–Crippen LogP) is 6.86. The van der Waals surface area contributed by atoms with E-state index in [1.807, 2.05) is 55.6 Å². The molecule has 170 valence electrons. The average molecular weight is 625 g/mol. The zero-order valence-electron chi connectivity index (χ0n) is 18.7. The van der Waals surface area contributed by atoms with Crippen LogP contribution in [-0.4, -0.2) is 16.4 Å². The van der Waals surface area contributed by atoms with E-state index in [-0.39, 0.29) is 32.1 Å². The van der Waals surface area contributed by atoms with Gasteiger partial charge in [0, 0.05) is 18.6 Å². The number of benzene rings is 3. The molecule has 4 aromatic rings. The summed E-state index contributed by atoms with van der Waals surface area (Å²) in [4.78, 5) is 6.59. The van der Waals surface area contributed by atoms with Crippen molar-refractivity contribution < 1.29 is 24.5 Å². The van der Waals surface area contributed by atoms with Gasteiger partial charge in [-0.25, -0.2) is 0 Å². The van der Waals surface area contributed by atoms with Crippen LogP contribution in [0.15, 0.2) is 91.4 Å². The molecule has 2 aliphatic rings. The van der Waals surface area contributed by atoms with E-state index in [0.717, 1.165) is 29.7 Å². The standard InChI is InChI=1S/C18H13FN.C11H10N2.Ir/c1-13-12-20-18(15-9-5-6-10-17(15)19)11-16(13)14-7-3-2-4-8-14;1-2-4-10-9(3-1)5-7-13-8-6-12-11(10)13;/h2-8,10-12H,1H3;1-3,6,8,11H,5,7H2;/q-1;-2;+3. The van der Waals surface area contributed by atoms with Crippen molar-refractivity contribution in [2.75, 3.05) is 6.54 Å². The topological polar surface area (TPSA) is 30.2 Å². The number of rotatable bonds is 2. The molecule has 0 bridgehead atoms. The molecule has 6 rings (SSSR count). The maximum absolute atomic E-state index is 13.8. The van der Waals surface area contributed by atoms with Gasteiger partial charge in [0.1, 0.15) is 0 Å². The van der Waals surface area contributed by atoms with Gasteiger partial charge < -0.3 is 15.2 Å². The molecule has 0 spiro atoms. The molecule has 0 amide bonds. The second-order valence-electron chi connectivity index (χ2n) is 8.06. The van der Waals surface area contributed by atoms with Crippen molar-refractivity contribution in [1.29, 1.82) is 0 Å². The van der Waals surface area contributed by atoms with E-state index in [2.05, 4.69) is 45.7 Å². The van der Waals surface area contributed by atoms with Crippen LogP contribution in [0.3, 0.4) is 0 Å². The van der Waals surface area contributed by atoms with Crippen molar-refractivity contribution in [2.45, 2.75) is 19.5 Å². The smallest absolute Gasteiger partial charge is 0.668 e. The van der Waals surface area contributed by atoms with Gasteiger partial charge in [0.25, 0.3) is 0 Å². The second kappa shape index (κ2) is 10.8. The van der Waals surface area contributed by atoms with Gasteiger partial charge in [-0.05, 0) is 41.7 Å². The van der Waals surface area contributed by atoms with Crippen LogP contribution in [0.2, 0.25) is 0 Å². The first-order valence-corrected chi connectivity index (χ1v) is 11.0. The number of nitrogens with zero attached hydrogens (tertiary/aromatic N) is 3. The molecular formula is C29H23FIrN3. The summed E-state index contributed by atoms with van der Waals surface area (Å²) in [5, 5.41) is 4.41. The van der Waals surface area contributed by atoms with Gasteiger partial charge in [-0.1, -0.05) is 48.4 Å². The Hall–Kier alpha value is -3.27. The van der Waals surface area contributed by atoms with Crippen LogP contribution in [0.1, 0.15) is 22.9 Å². The van der Waals surface area contributed by atoms with E-state index >= 15 is 0 Å². The van der Waals surface area contributed by atoms with E-state index in [1.54, 1.807) is 18.3 Å². The van der Waals surface area contributed by atoms with Crippen LogP contribution < -0.4 is 0 Å². The molecular weight excluding hydrogens is 602 g/mol. The zero-order valence-corrected chi connectivity index (χ0v) is 21.1. The molecule has 0 radical (unpaired) electrons. The molecule has 0 N–H and O–H groups in total. The van der Waals surface area contributed by atoms with Crippen LogP contribution in [0, 0.1) is 24.9 Å². The molecule has 1 atom stereocenters. The fraction of sp³-hybridized carbons (Fsp3) is 0.138. The van der Waals surface area contributed by atoms with E-state index in [4.69, 9.17) is 0 Å². The van der Waals surface area contributed by atoms with Crippen LogP contribution in [0.5, 0.6) is 0 Å². The summed E-state index contributed by atoms with van der Waals surface area (Å²) in [5.74, 6) is -0.303. The summed E-state index contributed by atoms with van der Waals surface area (Å²) in [6.07, 6.45) is 7.06. The van der Waals surface area contributed by atoms with Crippen molar-refractivity contribution in [3.8, 4) is 22.4 Å². The Labute approximate surface area is 213 Å². The SMILES string of the molecule is Cc1cnc(-c2[c-]cccc2F)cc1-c1ccccc1.[Ir+3].[c-]1cccc2c1C1[N-]C=CN1CC2. The normalized spacial score (nSPS) is 15.2. The number of hydrogen-bond acceptors (Lipinski definition) is 2. The van der Waals surface area contributed by atoms with Crippen molar-refractivity contribution in [1.82, 2.24) is 9.88 Å². The van der Waals surface area contributed by atoms with Crippen LogP contribution in [-0.2, 0) is 26.5 Å². The van der Waals surface area contributed by atoms with Crippen LogP contribution in [0.4, 0.5) is 4.39 Å². The number of halogens is 1. The Kier molecular flexibility index (Phi) is 7.56. The molecule has 3 aromatic carbocycles. The Bertz CT molecular complexity index is 1290. The summed E-state index contributed by atoms with van der Waals surface area (Å²) in [6, 6.07) is 29.1. The van der Waals surface area contributed by atoms with Gasteiger partial charge in [-0.15, -0.1) is 24.3 Å². The number of aromatic nitrogens is 1. The average Bonchev–Trinajstić information content (AvgIpc) is 3.35. The molecule has 0 saturated carbocycles. The molecule has 0 fully saturated rings. The molecule has 34 heavy (non-hydrogen) atoms. The van der Waals surface area contributed by atoms with Gasteiger partial charge in [-0.2, -0.15) is 41.6 Å². The Morgan fingerprint density at radius 1 is 1.03 bits per heavy atom. The molecule has 3 heterocycles. The summed E-state index contributed by atoms with van der Waals surface area (Å²) >= 11 is 0. The van der Waals surface area contributed by atoms with Crippen LogP contribution in [0.25, 0.3) is 27.7 Å².